The second kappa shape index (κ2) is 7.65. The number of carbonyl (C=O) groups is 1. The summed E-state index contributed by atoms with van der Waals surface area (Å²) in [6.07, 6.45) is 3.75. The van der Waals surface area contributed by atoms with Crippen molar-refractivity contribution >= 4 is 11.4 Å². The lowest BCUT2D eigenvalue weighted by atomic mass is 10.1. The van der Waals surface area contributed by atoms with E-state index in [1.54, 1.807) is 67.2 Å². The summed E-state index contributed by atoms with van der Waals surface area (Å²) in [6, 6.07) is 10.3. The lowest BCUT2D eigenvalue weighted by Gasteiger charge is -2.17. The number of fused-ring (bicyclic) bond motifs is 1. The Morgan fingerprint density at radius 3 is 2.63 bits per heavy atom. The molecule has 0 aliphatic carbocycles. The molecule has 0 fully saturated rings. The van der Waals surface area contributed by atoms with Crippen LogP contribution in [0.25, 0.3) is 5.52 Å². The van der Waals surface area contributed by atoms with E-state index in [4.69, 9.17) is 15.3 Å². The molecule has 0 aliphatic rings. The number of hydrogen-bond donors (Lipinski definition) is 3. The standard InChI is InChI=1S/C19H22N4O4/c1-19(2,25)7-8-26-15-3-5-16(6-4-15)27-17-10-13(18(24)22-20)9-14-11-21-12-23(14)17/h3-6,9-12,25H,7-8,20H2,1-2H3,(H,22,24). The third-order valence-electron chi connectivity index (χ3n) is 3.91. The second-order valence-electron chi connectivity index (χ2n) is 6.73. The molecule has 8 nitrogen and oxygen atoms in total. The molecule has 4 N–H and O–H groups in total. The normalized spacial score (nSPS) is 11.4. The summed E-state index contributed by atoms with van der Waals surface area (Å²) in [5, 5.41) is 9.71. The highest BCUT2D eigenvalue weighted by Crippen LogP contribution is 2.26. The minimum Gasteiger partial charge on any atom is -0.493 e. The van der Waals surface area contributed by atoms with Gasteiger partial charge in [0.2, 0.25) is 5.88 Å². The van der Waals surface area contributed by atoms with Crippen LogP contribution in [0.1, 0.15) is 30.6 Å². The number of amides is 1. The van der Waals surface area contributed by atoms with Crippen molar-refractivity contribution in [1.82, 2.24) is 14.8 Å². The number of aromatic nitrogens is 2. The van der Waals surface area contributed by atoms with E-state index < -0.39 is 11.5 Å². The molecular formula is C19H22N4O4. The number of ether oxygens (including phenoxy) is 2. The molecular weight excluding hydrogens is 348 g/mol. The van der Waals surface area contributed by atoms with Crippen LogP contribution in [-0.2, 0) is 0 Å². The topological polar surface area (TPSA) is 111 Å². The number of nitrogen functional groups attached to an aromatic ring is 1. The highest BCUT2D eigenvalue weighted by molar-refractivity contribution is 5.95. The quantitative estimate of drug-likeness (QED) is 0.334. The Bertz CT molecular complexity index is 929. The zero-order valence-electron chi connectivity index (χ0n) is 15.2. The fourth-order valence-corrected chi connectivity index (χ4v) is 2.44. The van der Waals surface area contributed by atoms with Crippen LogP contribution in [0.4, 0.5) is 0 Å². The maximum absolute atomic E-state index is 11.8. The van der Waals surface area contributed by atoms with Gasteiger partial charge in [0, 0.05) is 18.1 Å². The van der Waals surface area contributed by atoms with Crippen LogP contribution >= 0.6 is 0 Å². The van der Waals surface area contributed by atoms with Crippen LogP contribution in [0.2, 0.25) is 0 Å². The number of nitrogens with two attached hydrogens (primary N) is 1. The van der Waals surface area contributed by atoms with Gasteiger partial charge in [-0.15, -0.1) is 0 Å². The summed E-state index contributed by atoms with van der Waals surface area (Å²) in [4.78, 5) is 15.9. The van der Waals surface area contributed by atoms with Gasteiger partial charge in [-0.3, -0.25) is 14.6 Å². The number of imidazole rings is 1. The Hall–Kier alpha value is -3.10. The number of rotatable bonds is 7. The van der Waals surface area contributed by atoms with E-state index in [0.29, 0.717) is 41.5 Å². The molecule has 0 bridgehead atoms. The van der Waals surface area contributed by atoms with Crippen LogP contribution < -0.4 is 20.7 Å². The van der Waals surface area contributed by atoms with Gasteiger partial charge in [-0.2, -0.15) is 0 Å². The van der Waals surface area contributed by atoms with E-state index >= 15 is 0 Å². The Labute approximate surface area is 156 Å². The summed E-state index contributed by atoms with van der Waals surface area (Å²) in [5.74, 6) is 6.48. The van der Waals surface area contributed by atoms with Crippen molar-refractivity contribution in [2.75, 3.05) is 6.61 Å². The molecule has 0 radical (unpaired) electrons. The van der Waals surface area contributed by atoms with Crippen molar-refractivity contribution in [3.8, 4) is 17.4 Å². The second-order valence-corrected chi connectivity index (χ2v) is 6.73. The van der Waals surface area contributed by atoms with Crippen molar-refractivity contribution in [2.45, 2.75) is 25.9 Å². The molecule has 0 atom stereocenters. The first-order valence-corrected chi connectivity index (χ1v) is 8.46. The van der Waals surface area contributed by atoms with Crippen molar-refractivity contribution in [3.63, 3.8) is 0 Å². The van der Waals surface area contributed by atoms with E-state index in [2.05, 4.69) is 10.4 Å². The van der Waals surface area contributed by atoms with E-state index in [1.165, 1.54) is 0 Å². The first-order chi connectivity index (χ1) is 12.9. The molecule has 3 rings (SSSR count). The van der Waals surface area contributed by atoms with Gasteiger partial charge in [0.05, 0.1) is 23.9 Å². The van der Waals surface area contributed by atoms with Crippen LogP contribution in [0, 0.1) is 0 Å². The van der Waals surface area contributed by atoms with Crippen molar-refractivity contribution < 1.29 is 19.4 Å². The highest BCUT2D eigenvalue weighted by atomic mass is 16.5. The van der Waals surface area contributed by atoms with Gasteiger partial charge in [0.25, 0.3) is 5.91 Å². The van der Waals surface area contributed by atoms with Gasteiger partial charge >= 0.3 is 0 Å². The van der Waals surface area contributed by atoms with Gasteiger partial charge in [0.1, 0.15) is 17.8 Å². The Morgan fingerprint density at radius 2 is 1.96 bits per heavy atom. The Morgan fingerprint density at radius 1 is 1.26 bits per heavy atom. The third-order valence-corrected chi connectivity index (χ3v) is 3.91. The summed E-state index contributed by atoms with van der Waals surface area (Å²) >= 11 is 0. The van der Waals surface area contributed by atoms with Gasteiger partial charge in [-0.05, 0) is 44.2 Å². The maximum Gasteiger partial charge on any atom is 0.265 e. The predicted molar refractivity (Wildman–Crippen MR) is 99.8 cm³/mol. The summed E-state index contributed by atoms with van der Waals surface area (Å²) in [5.41, 5.74) is 2.42. The van der Waals surface area contributed by atoms with Gasteiger partial charge in [-0.1, -0.05) is 0 Å². The lowest BCUT2D eigenvalue weighted by molar-refractivity contribution is 0.0553. The van der Waals surface area contributed by atoms with Gasteiger partial charge in [-0.25, -0.2) is 10.8 Å². The van der Waals surface area contributed by atoms with E-state index in [-0.39, 0.29) is 0 Å². The monoisotopic (exact) mass is 370 g/mol. The number of aliphatic hydroxyl groups is 1. The maximum atomic E-state index is 11.8. The smallest absolute Gasteiger partial charge is 0.265 e. The fourth-order valence-electron chi connectivity index (χ4n) is 2.44. The summed E-state index contributed by atoms with van der Waals surface area (Å²) in [6.45, 7) is 3.89. The highest BCUT2D eigenvalue weighted by Gasteiger charge is 2.13. The van der Waals surface area contributed by atoms with Crippen LogP contribution in [0.3, 0.4) is 0 Å². The molecule has 27 heavy (non-hydrogen) atoms. The minimum atomic E-state index is -0.764. The molecule has 2 heterocycles. The first-order valence-electron chi connectivity index (χ1n) is 8.46. The zero-order valence-corrected chi connectivity index (χ0v) is 15.2. The first kappa shape index (κ1) is 18.7. The van der Waals surface area contributed by atoms with E-state index in [9.17, 15) is 9.90 Å². The van der Waals surface area contributed by atoms with Gasteiger partial charge < -0.3 is 14.6 Å². The lowest BCUT2D eigenvalue weighted by Crippen LogP contribution is -2.30. The summed E-state index contributed by atoms with van der Waals surface area (Å²) in [7, 11) is 0. The van der Waals surface area contributed by atoms with Crippen LogP contribution in [0.5, 0.6) is 17.4 Å². The molecule has 0 saturated carbocycles. The SMILES string of the molecule is CC(C)(O)CCOc1ccc(Oc2cc(C(=O)NN)cc3cncn23)cc1. The number of nitrogens with one attached hydrogen (secondary N) is 1. The minimum absolute atomic E-state index is 0.368. The van der Waals surface area contributed by atoms with Crippen LogP contribution in [-0.4, -0.2) is 32.6 Å². The van der Waals surface area contributed by atoms with E-state index in [1.807, 2.05) is 0 Å². The summed E-state index contributed by atoms with van der Waals surface area (Å²) < 4.78 is 13.2. The largest absolute Gasteiger partial charge is 0.493 e. The molecule has 0 unspecified atom stereocenters. The number of carbonyl (C=O) groups excluding carboxylic acids is 1. The number of hydrogen-bond acceptors (Lipinski definition) is 6. The third kappa shape index (κ3) is 4.75. The average molecular weight is 370 g/mol. The number of pyridine rings is 1. The van der Waals surface area contributed by atoms with Crippen molar-refractivity contribution in [2.24, 2.45) is 5.84 Å². The van der Waals surface area contributed by atoms with Gasteiger partial charge in [0.15, 0.2) is 0 Å². The Balaban J connectivity index is 1.75. The molecule has 142 valence electrons. The van der Waals surface area contributed by atoms with E-state index in [0.717, 1.165) is 0 Å². The zero-order chi connectivity index (χ0) is 19.4. The fraction of sp³-hybridized carbons (Fsp3) is 0.263. The molecule has 8 heteroatoms. The molecule has 1 aromatic carbocycles. The average Bonchev–Trinajstić information content (AvgIpc) is 3.10. The molecule has 0 saturated heterocycles. The predicted octanol–water partition coefficient (Wildman–Crippen LogP) is 2.27. The molecule has 1 amide bonds. The van der Waals surface area contributed by atoms with Crippen molar-refractivity contribution in [1.29, 1.82) is 0 Å². The molecule has 2 aromatic heterocycles. The number of nitrogens with zero attached hydrogens (tertiary/aromatic N) is 2. The molecule has 3 aromatic rings. The molecule has 0 aliphatic heterocycles. The number of benzene rings is 1. The Kier molecular flexibility index (Phi) is 5.29. The van der Waals surface area contributed by atoms with Crippen LogP contribution in [0.15, 0.2) is 48.9 Å². The molecule has 0 spiro atoms. The number of hydrazine groups is 1. The van der Waals surface area contributed by atoms with Crippen molar-refractivity contribution in [3.05, 3.63) is 54.5 Å².